The molecule has 10 heteroatoms. The van der Waals surface area contributed by atoms with Crippen LogP contribution in [0.2, 0.25) is 0 Å². The lowest BCUT2D eigenvalue weighted by Gasteiger charge is -2.43. The molecular formula is C31H40FN3O5S. The maximum Gasteiger partial charge on any atom is 0.243 e. The summed E-state index contributed by atoms with van der Waals surface area (Å²) in [5.41, 5.74) is 1.10. The Bertz CT molecular complexity index is 1330. The van der Waals surface area contributed by atoms with Crippen molar-refractivity contribution >= 4 is 21.8 Å². The lowest BCUT2D eigenvalue weighted by atomic mass is 9.74. The third-order valence-corrected chi connectivity index (χ3v) is 10.8. The molecule has 1 spiro atoms. The molecule has 0 aromatic heterocycles. The number of hydrogen-bond donors (Lipinski definition) is 1. The van der Waals surface area contributed by atoms with Crippen molar-refractivity contribution in [3.63, 3.8) is 0 Å². The number of hydrogen-bond acceptors (Lipinski definition) is 5. The smallest absolute Gasteiger partial charge is 0.243 e. The van der Waals surface area contributed by atoms with Crippen molar-refractivity contribution < 1.29 is 27.1 Å². The van der Waals surface area contributed by atoms with Crippen LogP contribution in [0.15, 0.2) is 53.4 Å². The van der Waals surface area contributed by atoms with Crippen LogP contribution in [0.5, 0.6) is 5.75 Å². The molecule has 3 heterocycles. The SMILES string of the molecule is O=C1CCCOc2ccccc2CCCCC2(CCN(C(=O)C3CCCN3S(=O)(=O)c3ccc(F)cc3)CC2)CN1. The summed E-state index contributed by atoms with van der Waals surface area (Å²) in [6, 6.07) is 12.1. The van der Waals surface area contributed by atoms with Crippen LogP contribution < -0.4 is 10.1 Å². The Hall–Kier alpha value is -2.98. The maximum atomic E-state index is 13.6. The van der Waals surface area contributed by atoms with E-state index in [4.69, 9.17) is 4.74 Å². The highest BCUT2D eigenvalue weighted by atomic mass is 32.2. The minimum atomic E-state index is -3.91. The third kappa shape index (κ3) is 6.92. The van der Waals surface area contributed by atoms with Gasteiger partial charge in [-0.05, 0) is 92.7 Å². The van der Waals surface area contributed by atoms with Crippen molar-refractivity contribution in [3.8, 4) is 5.75 Å². The van der Waals surface area contributed by atoms with Crippen LogP contribution >= 0.6 is 0 Å². The van der Waals surface area contributed by atoms with E-state index in [1.807, 2.05) is 18.2 Å². The normalized spacial score (nSPS) is 22.8. The lowest BCUT2D eigenvalue weighted by molar-refractivity contribution is -0.137. The molecule has 2 saturated heterocycles. The molecule has 8 nitrogen and oxygen atoms in total. The molecule has 0 bridgehead atoms. The summed E-state index contributed by atoms with van der Waals surface area (Å²) in [7, 11) is -3.91. The fourth-order valence-corrected chi connectivity index (χ4v) is 8.05. The van der Waals surface area contributed by atoms with Crippen LogP contribution in [0.1, 0.15) is 63.4 Å². The largest absolute Gasteiger partial charge is 0.493 e. The summed E-state index contributed by atoms with van der Waals surface area (Å²) >= 11 is 0. The highest BCUT2D eigenvalue weighted by Gasteiger charge is 2.43. The number of carbonyl (C=O) groups excluding carboxylic acids is 2. The molecule has 2 aromatic carbocycles. The van der Waals surface area contributed by atoms with E-state index in [1.54, 1.807) is 4.90 Å². The second kappa shape index (κ2) is 12.9. The van der Waals surface area contributed by atoms with Gasteiger partial charge in [0, 0.05) is 32.6 Å². The number of rotatable bonds is 3. The van der Waals surface area contributed by atoms with Gasteiger partial charge < -0.3 is 15.0 Å². The van der Waals surface area contributed by atoms with Gasteiger partial charge in [0.05, 0.1) is 11.5 Å². The van der Waals surface area contributed by atoms with Crippen LogP contribution in [0.3, 0.4) is 0 Å². The van der Waals surface area contributed by atoms with Crippen LogP contribution in [-0.2, 0) is 26.0 Å². The molecule has 1 unspecified atom stereocenters. The van der Waals surface area contributed by atoms with Crippen LogP contribution in [0, 0.1) is 11.2 Å². The number of piperidine rings is 1. The predicted octanol–water partition coefficient (Wildman–Crippen LogP) is 4.29. The van der Waals surface area contributed by atoms with E-state index < -0.39 is 21.9 Å². The van der Waals surface area contributed by atoms with Gasteiger partial charge in [0.2, 0.25) is 21.8 Å². The van der Waals surface area contributed by atoms with Gasteiger partial charge in [-0.3, -0.25) is 9.59 Å². The second-order valence-electron chi connectivity index (χ2n) is 11.6. The first-order valence-corrected chi connectivity index (χ1v) is 16.3. The number of halogens is 1. The van der Waals surface area contributed by atoms with Gasteiger partial charge in [0.25, 0.3) is 0 Å². The number of likely N-dealkylation sites (tertiary alicyclic amines) is 1. The summed E-state index contributed by atoms with van der Waals surface area (Å²) in [5.74, 6) is 0.246. The number of aryl methyl sites for hydroxylation is 1. The van der Waals surface area contributed by atoms with Crippen LogP contribution in [-0.4, -0.2) is 68.3 Å². The van der Waals surface area contributed by atoms with Gasteiger partial charge in [0.1, 0.15) is 17.6 Å². The monoisotopic (exact) mass is 585 g/mol. The second-order valence-corrected chi connectivity index (χ2v) is 13.5. The highest BCUT2D eigenvalue weighted by Crippen LogP contribution is 2.38. The number of ether oxygens (including phenoxy) is 1. The molecule has 1 atom stereocenters. The number of amides is 2. The van der Waals surface area contributed by atoms with Gasteiger partial charge in [-0.15, -0.1) is 0 Å². The topological polar surface area (TPSA) is 96.0 Å². The van der Waals surface area contributed by atoms with Crippen molar-refractivity contribution in [2.24, 2.45) is 5.41 Å². The minimum Gasteiger partial charge on any atom is -0.493 e. The Balaban J connectivity index is 1.23. The number of benzene rings is 2. The van der Waals surface area contributed by atoms with E-state index in [9.17, 15) is 22.4 Å². The van der Waals surface area contributed by atoms with Crippen molar-refractivity contribution in [2.75, 3.05) is 32.8 Å². The van der Waals surface area contributed by atoms with Crippen molar-refractivity contribution in [1.82, 2.24) is 14.5 Å². The Morgan fingerprint density at radius 3 is 2.46 bits per heavy atom. The van der Waals surface area contributed by atoms with E-state index in [0.29, 0.717) is 51.9 Å². The molecule has 3 aliphatic rings. The van der Waals surface area contributed by atoms with Crippen molar-refractivity contribution in [2.45, 2.75) is 75.1 Å². The molecule has 2 aromatic rings. The van der Waals surface area contributed by atoms with Gasteiger partial charge in [-0.1, -0.05) is 24.6 Å². The summed E-state index contributed by atoms with van der Waals surface area (Å²) in [6.45, 7) is 2.42. The van der Waals surface area contributed by atoms with Crippen LogP contribution in [0.4, 0.5) is 4.39 Å². The molecule has 41 heavy (non-hydrogen) atoms. The first kappa shape index (κ1) is 29.5. The number of fused-ring (bicyclic) bond motifs is 1. The summed E-state index contributed by atoms with van der Waals surface area (Å²) in [5, 5.41) is 3.15. The summed E-state index contributed by atoms with van der Waals surface area (Å²) < 4.78 is 47.3. The third-order valence-electron chi connectivity index (χ3n) is 8.89. The van der Waals surface area contributed by atoms with Gasteiger partial charge in [0.15, 0.2) is 0 Å². The number of carbonyl (C=O) groups is 2. The van der Waals surface area contributed by atoms with Gasteiger partial charge in [-0.25, -0.2) is 12.8 Å². The number of para-hydroxylation sites is 1. The standard InChI is InChI=1S/C31H40FN3O5S/c32-25-12-14-26(15-13-25)41(38,39)35-19-5-9-27(35)30(37)34-20-17-31(18-21-34)16-4-3-8-24-7-1-2-10-28(24)40-22-6-11-29(36)33-23-31/h1-2,7,10,12-15,27H,3-6,8-9,11,16-23H2,(H,33,36). The van der Waals surface area contributed by atoms with Gasteiger partial charge in [-0.2, -0.15) is 4.31 Å². The highest BCUT2D eigenvalue weighted by molar-refractivity contribution is 7.89. The zero-order chi connectivity index (χ0) is 28.9. The molecule has 5 rings (SSSR count). The lowest BCUT2D eigenvalue weighted by Crippen LogP contribution is -2.53. The van der Waals surface area contributed by atoms with E-state index in [-0.39, 0.29) is 28.7 Å². The van der Waals surface area contributed by atoms with Crippen LogP contribution in [0.25, 0.3) is 0 Å². The van der Waals surface area contributed by atoms with E-state index in [1.165, 1.54) is 22.0 Å². The summed E-state index contributed by atoms with van der Waals surface area (Å²) in [6.07, 6.45) is 7.55. The Morgan fingerprint density at radius 1 is 0.927 bits per heavy atom. The zero-order valence-corrected chi connectivity index (χ0v) is 24.3. The quantitative estimate of drug-likeness (QED) is 0.580. The predicted molar refractivity (Wildman–Crippen MR) is 153 cm³/mol. The molecule has 3 aliphatic heterocycles. The maximum absolute atomic E-state index is 13.6. The van der Waals surface area contributed by atoms with Gasteiger partial charge >= 0.3 is 0 Å². The average Bonchev–Trinajstić information content (AvgIpc) is 3.48. The number of sulfonamides is 1. The molecular weight excluding hydrogens is 545 g/mol. The van der Waals surface area contributed by atoms with E-state index in [2.05, 4.69) is 11.4 Å². The zero-order valence-electron chi connectivity index (χ0n) is 23.5. The molecule has 1 N–H and O–H groups in total. The number of nitrogens with one attached hydrogen (secondary N) is 1. The molecule has 0 saturated carbocycles. The van der Waals surface area contributed by atoms with E-state index in [0.717, 1.165) is 56.4 Å². The van der Waals surface area contributed by atoms with Crippen molar-refractivity contribution in [1.29, 1.82) is 0 Å². The molecule has 222 valence electrons. The molecule has 2 fully saturated rings. The molecule has 2 amide bonds. The number of nitrogens with zero attached hydrogens (tertiary/aromatic N) is 2. The Labute approximate surface area is 242 Å². The molecule has 0 radical (unpaired) electrons. The first-order chi connectivity index (χ1) is 19.8. The first-order valence-electron chi connectivity index (χ1n) is 14.8. The summed E-state index contributed by atoms with van der Waals surface area (Å²) in [4.78, 5) is 28.1. The Morgan fingerprint density at radius 2 is 1.68 bits per heavy atom. The van der Waals surface area contributed by atoms with E-state index >= 15 is 0 Å². The fourth-order valence-electron chi connectivity index (χ4n) is 6.40. The van der Waals surface area contributed by atoms with Crippen molar-refractivity contribution in [3.05, 3.63) is 59.9 Å². The molecule has 0 aliphatic carbocycles. The fraction of sp³-hybridized carbons (Fsp3) is 0.548. The average molecular weight is 586 g/mol. The Kier molecular flexibility index (Phi) is 9.28. The minimum absolute atomic E-state index is 0.000787.